The fraction of sp³-hybridized carbons (Fsp3) is 0.571. The third-order valence-corrected chi connectivity index (χ3v) is 2.15. The average molecular weight is 203 g/mol. The van der Waals surface area contributed by atoms with Gasteiger partial charge in [0, 0.05) is 0 Å². The van der Waals surface area contributed by atoms with E-state index in [-0.39, 0.29) is 6.61 Å². The molecule has 1 heterocycles. The predicted octanol–water partition coefficient (Wildman–Crippen LogP) is 0.476. The number of hydrogen-bond acceptors (Lipinski definition) is 6. The molecule has 0 bridgehead atoms. The van der Waals surface area contributed by atoms with E-state index in [9.17, 15) is 0 Å². The van der Waals surface area contributed by atoms with Gasteiger partial charge >= 0.3 is 0 Å². The van der Waals surface area contributed by atoms with E-state index in [0.29, 0.717) is 23.3 Å². The lowest BCUT2D eigenvalue weighted by atomic mass is 10.7. The Hall–Kier alpha value is -0.850. The van der Waals surface area contributed by atoms with E-state index < -0.39 is 0 Å². The minimum Gasteiger partial charge on any atom is -0.394 e. The van der Waals surface area contributed by atoms with Crippen LogP contribution in [0.25, 0.3) is 0 Å². The van der Waals surface area contributed by atoms with Crippen LogP contribution in [0, 0.1) is 0 Å². The van der Waals surface area contributed by atoms with Crippen LogP contribution in [0.15, 0.2) is 6.20 Å². The van der Waals surface area contributed by atoms with Crippen LogP contribution in [0.5, 0.6) is 0 Å². The van der Waals surface area contributed by atoms with Gasteiger partial charge in [-0.3, -0.25) is 4.84 Å². The van der Waals surface area contributed by atoms with Gasteiger partial charge in [0.25, 0.3) is 0 Å². The summed E-state index contributed by atoms with van der Waals surface area (Å²) in [6.45, 7) is 2.85. The van der Waals surface area contributed by atoms with Crippen molar-refractivity contribution in [1.82, 2.24) is 4.98 Å². The first-order valence-electron chi connectivity index (χ1n) is 4.00. The molecule has 0 saturated carbocycles. The maximum Gasteiger partial charge on any atom is 0.211 e. The molecule has 0 aromatic carbocycles. The van der Waals surface area contributed by atoms with Crippen LogP contribution in [0.1, 0.15) is 6.92 Å². The van der Waals surface area contributed by atoms with Crippen LogP contribution in [0.4, 0.5) is 10.1 Å². The molecule has 0 amide bonds. The van der Waals surface area contributed by atoms with E-state index in [2.05, 4.69) is 4.98 Å². The molecule has 0 aliphatic carbocycles. The number of thiazole rings is 1. The normalized spacial score (nSPS) is 10.3. The molecule has 74 valence electrons. The van der Waals surface area contributed by atoms with Crippen LogP contribution in [0.3, 0.4) is 0 Å². The zero-order valence-corrected chi connectivity index (χ0v) is 8.25. The molecule has 0 fully saturated rings. The number of rotatable bonds is 5. The summed E-state index contributed by atoms with van der Waals surface area (Å²) in [5, 5.41) is 11.6. The molecular formula is C7H13N3O2S. The minimum absolute atomic E-state index is 0.0273. The molecule has 0 radical (unpaired) electrons. The average Bonchev–Trinajstić information content (AvgIpc) is 2.51. The third-order valence-electron chi connectivity index (χ3n) is 1.31. The number of nitrogens with zero attached hydrogens (tertiary/aromatic N) is 2. The Balaban J connectivity index is 2.63. The standard InChI is InChI=1S/C7H13N3O2S/c1-2-12-10(3-4-11)7-9-5-6(8)13-7/h5,11H,2-4,8H2,1H3. The Morgan fingerprint density at radius 2 is 2.54 bits per heavy atom. The first kappa shape index (κ1) is 10.2. The van der Waals surface area contributed by atoms with Gasteiger partial charge in [0.2, 0.25) is 5.13 Å². The van der Waals surface area contributed by atoms with Crippen molar-refractivity contribution in [3.8, 4) is 0 Å². The second-order valence-electron chi connectivity index (χ2n) is 2.29. The molecule has 3 N–H and O–H groups in total. The molecule has 1 aromatic rings. The minimum atomic E-state index is 0.0273. The number of aliphatic hydroxyl groups excluding tert-OH is 1. The molecule has 0 atom stereocenters. The van der Waals surface area contributed by atoms with Crippen molar-refractivity contribution >= 4 is 21.5 Å². The second kappa shape index (κ2) is 5.00. The number of aromatic nitrogens is 1. The number of aliphatic hydroxyl groups is 1. The Kier molecular flexibility index (Phi) is 3.94. The van der Waals surface area contributed by atoms with Gasteiger partial charge in [0.1, 0.15) is 5.00 Å². The van der Waals surface area contributed by atoms with Gasteiger partial charge in [0.05, 0.1) is 26.0 Å². The number of hydroxylamine groups is 1. The fourth-order valence-corrected chi connectivity index (χ4v) is 1.52. The highest BCUT2D eigenvalue weighted by Crippen LogP contribution is 2.23. The molecule has 5 nitrogen and oxygen atoms in total. The first-order chi connectivity index (χ1) is 6.27. The molecule has 1 rings (SSSR count). The topological polar surface area (TPSA) is 71.6 Å². The SMILES string of the molecule is CCON(CCO)c1ncc(N)s1. The van der Waals surface area contributed by atoms with Crippen molar-refractivity contribution in [2.75, 3.05) is 30.6 Å². The second-order valence-corrected chi connectivity index (χ2v) is 3.33. The number of nitrogens with two attached hydrogens (primary N) is 1. The lowest BCUT2D eigenvalue weighted by Crippen LogP contribution is -2.26. The molecule has 0 aliphatic heterocycles. The summed E-state index contributed by atoms with van der Waals surface area (Å²) in [7, 11) is 0. The fourth-order valence-electron chi connectivity index (χ4n) is 0.854. The van der Waals surface area contributed by atoms with Crippen molar-refractivity contribution in [3.63, 3.8) is 0 Å². The van der Waals surface area contributed by atoms with Gasteiger partial charge in [-0.1, -0.05) is 11.3 Å². The largest absolute Gasteiger partial charge is 0.394 e. The van der Waals surface area contributed by atoms with Crippen molar-refractivity contribution < 1.29 is 9.94 Å². The zero-order chi connectivity index (χ0) is 9.68. The van der Waals surface area contributed by atoms with Crippen molar-refractivity contribution in [2.24, 2.45) is 0 Å². The summed E-state index contributed by atoms with van der Waals surface area (Å²) < 4.78 is 0. The molecule has 0 unspecified atom stereocenters. The number of anilines is 2. The summed E-state index contributed by atoms with van der Waals surface area (Å²) >= 11 is 1.33. The molecule has 0 saturated heterocycles. The lowest BCUT2D eigenvalue weighted by molar-refractivity contribution is 0.107. The lowest BCUT2D eigenvalue weighted by Gasteiger charge is -2.18. The van der Waals surface area contributed by atoms with Gasteiger partial charge in [-0.25, -0.2) is 10.0 Å². The highest BCUT2D eigenvalue weighted by atomic mass is 32.1. The number of nitrogen functional groups attached to an aromatic ring is 1. The summed E-state index contributed by atoms with van der Waals surface area (Å²) in [6, 6.07) is 0. The molecular weight excluding hydrogens is 190 g/mol. The molecule has 13 heavy (non-hydrogen) atoms. The molecule has 0 spiro atoms. The Labute approximate surface area is 80.7 Å². The van der Waals surface area contributed by atoms with Crippen LogP contribution in [-0.4, -0.2) is 29.8 Å². The quantitative estimate of drug-likeness (QED) is 0.681. The van der Waals surface area contributed by atoms with Gasteiger partial charge in [-0.15, -0.1) is 0 Å². The summed E-state index contributed by atoms with van der Waals surface area (Å²) in [5.74, 6) is 0. The van der Waals surface area contributed by atoms with E-state index in [4.69, 9.17) is 15.7 Å². The van der Waals surface area contributed by atoms with Crippen LogP contribution in [-0.2, 0) is 4.84 Å². The molecule has 6 heteroatoms. The van der Waals surface area contributed by atoms with Crippen LogP contribution >= 0.6 is 11.3 Å². The van der Waals surface area contributed by atoms with Gasteiger partial charge in [-0.05, 0) is 6.92 Å². The Morgan fingerprint density at radius 1 is 1.77 bits per heavy atom. The highest BCUT2D eigenvalue weighted by molar-refractivity contribution is 7.19. The van der Waals surface area contributed by atoms with E-state index in [1.54, 1.807) is 11.3 Å². The van der Waals surface area contributed by atoms with Crippen LogP contribution in [0.2, 0.25) is 0 Å². The maximum atomic E-state index is 8.76. The van der Waals surface area contributed by atoms with E-state index in [0.717, 1.165) is 0 Å². The Bertz CT molecular complexity index is 248. The van der Waals surface area contributed by atoms with Crippen molar-refractivity contribution in [1.29, 1.82) is 0 Å². The monoisotopic (exact) mass is 203 g/mol. The Morgan fingerprint density at radius 3 is 3.00 bits per heavy atom. The summed E-state index contributed by atoms with van der Waals surface area (Å²) in [6.07, 6.45) is 1.57. The van der Waals surface area contributed by atoms with Crippen molar-refractivity contribution in [3.05, 3.63) is 6.20 Å². The molecule has 0 aliphatic rings. The van der Waals surface area contributed by atoms with Crippen LogP contribution < -0.4 is 10.8 Å². The smallest absolute Gasteiger partial charge is 0.211 e. The molecule has 1 aromatic heterocycles. The highest BCUT2D eigenvalue weighted by Gasteiger charge is 2.09. The van der Waals surface area contributed by atoms with Gasteiger partial charge in [0.15, 0.2) is 0 Å². The number of hydrogen-bond donors (Lipinski definition) is 2. The van der Waals surface area contributed by atoms with E-state index in [1.807, 2.05) is 6.92 Å². The third kappa shape index (κ3) is 2.83. The maximum absolute atomic E-state index is 8.76. The summed E-state index contributed by atoms with van der Waals surface area (Å²) in [4.78, 5) is 9.28. The van der Waals surface area contributed by atoms with Gasteiger partial charge in [-0.2, -0.15) is 0 Å². The van der Waals surface area contributed by atoms with Crippen molar-refractivity contribution in [2.45, 2.75) is 6.92 Å². The predicted molar refractivity (Wildman–Crippen MR) is 52.6 cm³/mol. The van der Waals surface area contributed by atoms with E-state index in [1.165, 1.54) is 11.3 Å². The summed E-state index contributed by atoms with van der Waals surface area (Å²) in [5.41, 5.74) is 5.52. The van der Waals surface area contributed by atoms with E-state index >= 15 is 0 Å². The first-order valence-corrected chi connectivity index (χ1v) is 4.82. The zero-order valence-electron chi connectivity index (χ0n) is 7.43. The van der Waals surface area contributed by atoms with Gasteiger partial charge < -0.3 is 10.8 Å².